The molecule has 0 aromatic heterocycles. The Kier molecular flexibility index (Phi) is 3.25. The van der Waals surface area contributed by atoms with Gasteiger partial charge >= 0.3 is 0 Å². The number of rotatable bonds is 2. The van der Waals surface area contributed by atoms with Crippen LogP contribution in [0.1, 0.15) is 31.4 Å². The quantitative estimate of drug-likeness (QED) is 0.821. The zero-order valence-electron chi connectivity index (χ0n) is 9.60. The van der Waals surface area contributed by atoms with Crippen LogP contribution in [0.4, 0.5) is 0 Å². The molecule has 0 aliphatic carbocycles. The molecule has 2 rings (SSSR count). The molecule has 1 saturated heterocycles. The van der Waals surface area contributed by atoms with Crippen LogP contribution in [-0.2, 0) is 4.79 Å². The molecule has 0 radical (unpaired) electrons. The monoisotopic (exact) mass is 218 g/mol. The summed E-state index contributed by atoms with van der Waals surface area (Å²) in [6.07, 6.45) is 2.18. The zero-order valence-corrected chi connectivity index (χ0v) is 9.60. The van der Waals surface area contributed by atoms with Crippen LogP contribution >= 0.6 is 0 Å². The van der Waals surface area contributed by atoms with Crippen molar-refractivity contribution in [2.24, 2.45) is 5.73 Å². The maximum absolute atomic E-state index is 12.2. The predicted molar refractivity (Wildman–Crippen MR) is 63.8 cm³/mol. The van der Waals surface area contributed by atoms with Crippen LogP contribution in [0.25, 0.3) is 0 Å². The van der Waals surface area contributed by atoms with Gasteiger partial charge in [0, 0.05) is 12.6 Å². The van der Waals surface area contributed by atoms with Crippen molar-refractivity contribution in [3.8, 4) is 0 Å². The van der Waals surface area contributed by atoms with Crippen LogP contribution < -0.4 is 5.73 Å². The van der Waals surface area contributed by atoms with Crippen molar-refractivity contribution in [1.82, 2.24) is 4.90 Å². The van der Waals surface area contributed by atoms with Crippen LogP contribution in [0.3, 0.4) is 0 Å². The van der Waals surface area contributed by atoms with E-state index in [9.17, 15) is 4.79 Å². The molecule has 1 aliphatic rings. The first-order valence-corrected chi connectivity index (χ1v) is 5.81. The number of carbonyl (C=O) groups is 1. The molecule has 0 spiro atoms. The minimum absolute atomic E-state index is 0.0520. The third-order valence-electron chi connectivity index (χ3n) is 3.26. The molecule has 1 aromatic rings. The fraction of sp³-hybridized carbons (Fsp3) is 0.462. The molecule has 2 atom stereocenters. The van der Waals surface area contributed by atoms with Crippen molar-refractivity contribution < 1.29 is 4.79 Å². The molecule has 1 aliphatic heterocycles. The van der Waals surface area contributed by atoms with Gasteiger partial charge in [-0.15, -0.1) is 0 Å². The largest absolute Gasteiger partial charge is 0.338 e. The molecule has 1 heterocycles. The van der Waals surface area contributed by atoms with E-state index in [1.807, 2.05) is 35.2 Å². The van der Waals surface area contributed by atoms with Gasteiger partial charge in [-0.05, 0) is 25.3 Å². The van der Waals surface area contributed by atoms with E-state index in [4.69, 9.17) is 5.73 Å². The number of hydrogen-bond donors (Lipinski definition) is 1. The Bertz CT molecular complexity index is 363. The van der Waals surface area contributed by atoms with Crippen LogP contribution in [0.15, 0.2) is 30.3 Å². The molecule has 1 amide bonds. The molecule has 3 heteroatoms. The lowest BCUT2D eigenvalue weighted by molar-refractivity contribution is -0.133. The number of nitrogens with zero attached hydrogens (tertiary/aromatic N) is 1. The number of benzene rings is 1. The molecule has 2 N–H and O–H groups in total. The number of nitrogens with two attached hydrogens (primary N) is 1. The van der Waals surface area contributed by atoms with Crippen molar-refractivity contribution in [3.63, 3.8) is 0 Å². The highest BCUT2D eigenvalue weighted by Gasteiger charge is 2.29. The summed E-state index contributed by atoms with van der Waals surface area (Å²) >= 11 is 0. The standard InChI is InChI=1S/C13H18N2O/c1-10-6-5-9-15(10)13(16)12(14)11-7-3-2-4-8-11/h2-4,7-8,10,12H,5-6,9,14H2,1H3. The van der Waals surface area contributed by atoms with E-state index in [2.05, 4.69) is 6.92 Å². The average molecular weight is 218 g/mol. The van der Waals surface area contributed by atoms with Gasteiger partial charge in [0.25, 0.3) is 0 Å². The molecule has 16 heavy (non-hydrogen) atoms. The van der Waals surface area contributed by atoms with Gasteiger partial charge in [0.05, 0.1) is 0 Å². The summed E-state index contributed by atoms with van der Waals surface area (Å²) in [6, 6.07) is 9.39. The highest BCUT2D eigenvalue weighted by Crippen LogP contribution is 2.21. The highest BCUT2D eigenvalue weighted by atomic mass is 16.2. The number of amides is 1. The maximum atomic E-state index is 12.2. The van der Waals surface area contributed by atoms with Gasteiger partial charge in [0.2, 0.25) is 5.91 Å². The normalized spacial score (nSPS) is 22.1. The molecular weight excluding hydrogens is 200 g/mol. The highest BCUT2D eigenvalue weighted by molar-refractivity contribution is 5.83. The number of hydrogen-bond acceptors (Lipinski definition) is 2. The van der Waals surface area contributed by atoms with Gasteiger partial charge in [-0.25, -0.2) is 0 Å². The summed E-state index contributed by atoms with van der Waals surface area (Å²) < 4.78 is 0. The van der Waals surface area contributed by atoms with Crippen LogP contribution in [-0.4, -0.2) is 23.4 Å². The van der Waals surface area contributed by atoms with Gasteiger partial charge in [-0.1, -0.05) is 30.3 Å². The molecule has 1 fully saturated rings. The van der Waals surface area contributed by atoms with Crippen LogP contribution in [0, 0.1) is 0 Å². The second-order valence-corrected chi connectivity index (χ2v) is 4.41. The fourth-order valence-corrected chi connectivity index (χ4v) is 2.24. The fourth-order valence-electron chi connectivity index (χ4n) is 2.24. The molecule has 0 saturated carbocycles. The van der Waals surface area contributed by atoms with Crippen molar-refractivity contribution in [1.29, 1.82) is 0 Å². The molecule has 0 bridgehead atoms. The average Bonchev–Trinajstić information content (AvgIpc) is 2.75. The van der Waals surface area contributed by atoms with Crippen molar-refractivity contribution in [2.45, 2.75) is 31.8 Å². The van der Waals surface area contributed by atoms with E-state index in [-0.39, 0.29) is 5.91 Å². The van der Waals surface area contributed by atoms with Gasteiger partial charge in [-0.2, -0.15) is 0 Å². The lowest BCUT2D eigenvalue weighted by Gasteiger charge is -2.25. The Labute approximate surface area is 96.2 Å². The maximum Gasteiger partial charge on any atom is 0.244 e. The summed E-state index contributed by atoms with van der Waals surface area (Å²) in [5.41, 5.74) is 6.88. The first-order valence-electron chi connectivity index (χ1n) is 5.81. The Morgan fingerprint density at radius 1 is 1.44 bits per heavy atom. The zero-order chi connectivity index (χ0) is 11.5. The van der Waals surface area contributed by atoms with E-state index in [0.29, 0.717) is 6.04 Å². The van der Waals surface area contributed by atoms with Gasteiger partial charge in [0.1, 0.15) is 6.04 Å². The SMILES string of the molecule is CC1CCCN1C(=O)C(N)c1ccccc1. The second kappa shape index (κ2) is 4.66. The molecular formula is C13H18N2O. The summed E-state index contributed by atoms with van der Waals surface area (Å²) in [6.45, 7) is 2.93. The minimum Gasteiger partial charge on any atom is -0.338 e. The topological polar surface area (TPSA) is 46.3 Å². The van der Waals surface area contributed by atoms with Gasteiger partial charge in [0.15, 0.2) is 0 Å². The van der Waals surface area contributed by atoms with Gasteiger partial charge < -0.3 is 10.6 Å². The molecule has 2 unspecified atom stereocenters. The van der Waals surface area contributed by atoms with E-state index < -0.39 is 6.04 Å². The van der Waals surface area contributed by atoms with Crippen LogP contribution in [0.2, 0.25) is 0 Å². The summed E-state index contributed by atoms with van der Waals surface area (Å²) in [4.78, 5) is 14.1. The predicted octanol–water partition coefficient (Wildman–Crippen LogP) is 1.70. The smallest absolute Gasteiger partial charge is 0.244 e. The van der Waals surface area contributed by atoms with Crippen molar-refractivity contribution in [3.05, 3.63) is 35.9 Å². The summed E-state index contributed by atoms with van der Waals surface area (Å²) in [7, 11) is 0. The Morgan fingerprint density at radius 3 is 2.69 bits per heavy atom. The molecule has 1 aromatic carbocycles. The van der Waals surface area contributed by atoms with E-state index in [1.165, 1.54) is 0 Å². The van der Waals surface area contributed by atoms with Gasteiger partial charge in [-0.3, -0.25) is 4.79 Å². The summed E-state index contributed by atoms with van der Waals surface area (Å²) in [5, 5.41) is 0. The molecule has 3 nitrogen and oxygen atoms in total. The molecule has 86 valence electrons. The Balaban J connectivity index is 2.10. The number of likely N-dealkylation sites (tertiary alicyclic amines) is 1. The first kappa shape index (κ1) is 11.1. The second-order valence-electron chi connectivity index (χ2n) is 4.41. The lowest BCUT2D eigenvalue weighted by atomic mass is 10.1. The first-order chi connectivity index (χ1) is 7.70. The van der Waals surface area contributed by atoms with E-state index in [1.54, 1.807) is 0 Å². The van der Waals surface area contributed by atoms with Crippen molar-refractivity contribution >= 4 is 5.91 Å². The van der Waals surface area contributed by atoms with Crippen LogP contribution in [0.5, 0.6) is 0 Å². The third-order valence-corrected chi connectivity index (χ3v) is 3.26. The lowest BCUT2D eigenvalue weighted by Crippen LogP contribution is -2.40. The van der Waals surface area contributed by atoms with Crippen molar-refractivity contribution in [2.75, 3.05) is 6.54 Å². The third kappa shape index (κ3) is 2.09. The van der Waals surface area contributed by atoms with E-state index in [0.717, 1.165) is 24.9 Å². The van der Waals surface area contributed by atoms with E-state index >= 15 is 0 Å². The summed E-state index contributed by atoms with van der Waals surface area (Å²) in [5.74, 6) is 0.0520. The number of carbonyl (C=O) groups excluding carboxylic acids is 1. The Hall–Kier alpha value is -1.35. The Morgan fingerprint density at radius 2 is 2.12 bits per heavy atom. The minimum atomic E-state index is -0.512.